The number of hydrogen-bond donors (Lipinski definition) is 2. The highest BCUT2D eigenvalue weighted by Crippen LogP contribution is 2.24. The summed E-state index contributed by atoms with van der Waals surface area (Å²) in [6, 6.07) is 0. The summed E-state index contributed by atoms with van der Waals surface area (Å²) in [4.78, 5) is 24.0. The first-order valence-corrected chi connectivity index (χ1v) is 6.32. The van der Waals surface area contributed by atoms with Gasteiger partial charge in [-0.2, -0.15) is 0 Å². The summed E-state index contributed by atoms with van der Waals surface area (Å²) in [5, 5.41) is 18.0. The van der Waals surface area contributed by atoms with Gasteiger partial charge in [-0.15, -0.1) is 0 Å². The maximum atomic E-state index is 11.1. The van der Waals surface area contributed by atoms with Crippen molar-refractivity contribution in [2.24, 2.45) is 11.8 Å². The zero-order chi connectivity index (χ0) is 13.5. The van der Waals surface area contributed by atoms with Gasteiger partial charge in [0.15, 0.2) is 0 Å². The van der Waals surface area contributed by atoms with E-state index in [0.717, 1.165) is 6.42 Å². The van der Waals surface area contributed by atoms with Gasteiger partial charge in [0.2, 0.25) is 0 Å². The van der Waals surface area contributed by atoms with Crippen molar-refractivity contribution in [2.75, 3.05) is 32.8 Å². The second-order valence-corrected chi connectivity index (χ2v) is 4.59. The Kier molecular flexibility index (Phi) is 6.07. The quantitative estimate of drug-likeness (QED) is 0.648. The third kappa shape index (κ3) is 4.27. The number of aliphatic carboxylic acids is 2. The highest BCUT2D eigenvalue weighted by molar-refractivity contribution is 5.80. The van der Waals surface area contributed by atoms with E-state index in [9.17, 15) is 9.59 Å². The van der Waals surface area contributed by atoms with E-state index in [4.69, 9.17) is 14.9 Å². The molecule has 6 nitrogen and oxygen atoms in total. The van der Waals surface area contributed by atoms with E-state index >= 15 is 0 Å². The lowest BCUT2D eigenvalue weighted by Gasteiger charge is -2.34. The molecule has 0 saturated carbocycles. The number of likely N-dealkylation sites (tertiary alicyclic amines) is 1. The zero-order valence-corrected chi connectivity index (χ0v) is 10.7. The van der Waals surface area contributed by atoms with E-state index in [2.05, 4.69) is 0 Å². The molecular formula is C12H21NO5. The molecule has 1 aliphatic heterocycles. The molecule has 1 heterocycles. The topological polar surface area (TPSA) is 87.1 Å². The lowest BCUT2D eigenvalue weighted by molar-refractivity contribution is -0.157. The van der Waals surface area contributed by atoms with Crippen LogP contribution in [0.25, 0.3) is 0 Å². The van der Waals surface area contributed by atoms with Gasteiger partial charge in [0, 0.05) is 19.7 Å². The van der Waals surface area contributed by atoms with E-state index in [0.29, 0.717) is 39.3 Å². The minimum atomic E-state index is -1.03. The highest BCUT2D eigenvalue weighted by Gasteiger charge is 2.38. The molecular weight excluding hydrogens is 238 g/mol. The minimum Gasteiger partial charge on any atom is -0.481 e. The van der Waals surface area contributed by atoms with Gasteiger partial charge in [0.05, 0.1) is 18.4 Å². The van der Waals surface area contributed by atoms with Crippen molar-refractivity contribution in [2.45, 2.75) is 19.8 Å². The summed E-state index contributed by atoms with van der Waals surface area (Å²) >= 11 is 0. The molecule has 1 saturated heterocycles. The standard InChI is InChI=1S/C12H21NO5/c1-2-6-18-7-5-13-4-3-9(11(14)15)10(8-13)12(16)17/h9-10H,2-8H2,1H3,(H,14,15)(H,16,17). The molecule has 2 unspecified atom stereocenters. The molecule has 2 atom stereocenters. The van der Waals surface area contributed by atoms with E-state index in [-0.39, 0.29) is 0 Å². The third-order valence-electron chi connectivity index (χ3n) is 3.23. The van der Waals surface area contributed by atoms with Crippen LogP contribution in [0.3, 0.4) is 0 Å². The summed E-state index contributed by atoms with van der Waals surface area (Å²) in [6.45, 7) is 4.87. The predicted octanol–water partition coefficient (Wildman–Crippen LogP) is 0.520. The number of carboxylic acids is 2. The van der Waals surface area contributed by atoms with Crippen molar-refractivity contribution in [3.05, 3.63) is 0 Å². The second kappa shape index (κ2) is 7.33. The number of nitrogens with zero attached hydrogens (tertiary/aromatic N) is 1. The van der Waals surface area contributed by atoms with E-state index in [1.807, 2.05) is 11.8 Å². The summed E-state index contributed by atoms with van der Waals surface area (Å²) in [5.74, 6) is -3.62. The lowest BCUT2D eigenvalue weighted by atomic mass is 9.85. The minimum absolute atomic E-state index is 0.293. The summed E-state index contributed by atoms with van der Waals surface area (Å²) in [5.41, 5.74) is 0. The van der Waals surface area contributed by atoms with Crippen LogP contribution in [0.5, 0.6) is 0 Å². The monoisotopic (exact) mass is 259 g/mol. The van der Waals surface area contributed by atoms with Crippen molar-refractivity contribution < 1.29 is 24.5 Å². The normalized spacial score (nSPS) is 24.9. The average Bonchev–Trinajstić information content (AvgIpc) is 2.34. The fourth-order valence-corrected chi connectivity index (χ4v) is 2.21. The molecule has 0 aromatic heterocycles. The Morgan fingerprint density at radius 1 is 1.22 bits per heavy atom. The molecule has 0 aliphatic carbocycles. The number of rotatable bonds is 7. The molecule has 2 N–H and O–H groups in total. The van der Waals surface area contributed by atoms with Crippen LogP contribution < -0.4 is 0 Å². The molecule has 104 valence electrons. The number of piperidine rings is 1. The van der Waals surface area contributed by atoms with Crippen LogP contribution in [0.1, 0.15) is 19.8 Å². The van der Waals surface area contributed by atoms with Gasteiger partial charge in [-0.25, -0.2) is 0 Å². The highest BCUT2D eigenvalue weighted by atomic mass is 16.5. The molecule has 18 heavy (non-hydrogen) atoms. The Hall–Kier alpha value is -1.14. The van der Waals surface area contributed by atoms with Gasteiger partial charge >= 0.3 is 11.9 Å². The molecule has 0 spiro atoms. The van der Waals surface area contributed by atoms with Crippen LogP contribution in [0.15, 0.2) is 0 Å². The summed E-state index contributed by atoms with van der Waals surface area (Å²) < 4.78 is 5.35. The Balaban J connectivity index is 2.42. The van der Waals surface area contributed by atoms with Crippen molar-refractivity contribution in [3.8, 4) is 0 Å². The molecule has 0 radical (unpaired) electrons. The van der Waals surface area contributed by atoms with Crippen molar-refractivity contribution in [1.29, 1.82) is 0 Å². The van der Waals surface area contributed by atoms with E-state index in [1.54, 1.807) is 0 Å². The van der Waals surface area contributed by atoms with Crippen molar-refractivity contribution in [3.63, 3.8) is 0 Å². The first kappa shape index (κ1) is 14.9. The number of carbonyl (C=O) groups is 2. The Bertz CT molecular complexity index is 294. The van der Waals surface area contributed by atoms with Gasteiger partial charge < -0.3 is 19.8 Å². The van der Waals surface area contributed by atoms with Gasteiger partial charge in [-0.1, -0.05) is 6.92 Å². The molecule has 6 heteroatoms. The zero-order valence-electron chi connectivity index (χ0n) is 10.7. The number of hydrogen-bond acceptors (Lipinski definition) is 4. The number of carboxylic acid groups (broad SMARTS) is 2. The lowest BCUT2D eigenvalue weighted by Crippen LogP contribution is -2.47. The number of ether oxygens (including phenoxy) is 1. The van der Waals surface area contributed by atoms with Gasteiger partial charge in [-0.05, 0) is 19.4 Å². The first-order chi connectivity index (χ1) is 8.56. The molecule has 0 aromatic rings. The maximum Gasteiger partial charge on any atom is 0.308 e. The molecule has 0 aromatic carbocycles. The summed E-state index contributed by atoms with van der Waals surface area (Å²) in [6.07, 6.45) is 1.35. The average molecular weight is 259 g/mol. The third-order valence-corrected chi connectivity index (χ3v) is 3.23. The largest absolute Gasteiger partial charge is 0.481 e. The summed E-state index contributed by atoms with van der Waals surface area (Å²) in [7, 11) is 0. The van der Waals surface area contributed by atoms with Crippen LogP contribution in [-0.2, 0) is 14.3 Å². The van der Waals surface area contributed by atoms with Crippen molar-refractivity contribution >= 4 is 11.9 Å². The first-order valence-electron chi connectivity index (χ1n) is 6.32. The van der Waals surface area contributed by atoms with E-state index in [1.165, 1.54) is 0 Å². The van der Waals surface area contributed by atoms with Crippen LogP contribution in [0.2, 0.25) is 0 Å². The van der Waals surface area contributed by atoms with Crippen LogP contribution in [0, 0.1) is 11.8 Å². The molecule has 0 bridgehead atoms. The fourth-order valence-electron chi connectivity index (χ4n) is 2.21. The van der Waals surface area contributed by atoms with Crippen LogP contribution in [0.4, 0.5) is 0 Å². The molecule has 1 aliphatic rings. The molecule has 1 fully saturated rings. The van der Waals surface area contributed by atoms with Crippen molar-refractivity contribution in [1.82, 2.24) is 4.90 Å². The van der Waals surface area contributed by atoms with Gasteiger partial charge in [0.1, 0.15) is 0 Å². The predicted molar refractivity (Wildman–Crippen MR) is 64.4 cm³/mol. The Morgan fingerprint density at radius 3 is 2.44 bits per heavy atom. The molecule has 1 rings (SSSR count). The van der Waals surface area contributed by atoms with Gasteiger partial charge in [0.25, 0.3) is 0 Å². The Morgan fingerprint density at radius 2 is 1.89 bits per heavy atom. The maximum absolute atomic E-state index is 11.1. The molecule has 0 amide bonds. The van der Waals surface area contributed by atoms with Crippen LogP contribution in [-0.4, -0.2) is 59.9 Å². The van der Waals surface area contributed by atoms with Crippen LogP contribution >= 0.6 is 0 Å². The SMILES string of the molecule is CCCOCCN1CCC(C(=O)O)C(C(=O)O)C1. The second-order valence-electron chi connectivity index (χ2n) is 4.59. The Labute approximate surface area is 107 Å². The van der Waals surface area contributed by atoms with E-state index < -0.39 is 23.8 Å². The fraction of sp³-hybridized carbons (Fsp3) is 0.833. The smallest absolute Gasteiger partial charge is 0.308 e. The van der Waals surface area contributed by atoms with Gasteiger partial charge in [-0.3, -0.25) is 9.59 Å².